The van der Waals surface area contributed by atoms with Crippen molar-refractivity contribution in [2.45, 2.75) is 57.5 Å². The Kier molecular flexibility index (Phi) is 2.17. The van der Waals surface area contributed by atoms with E-state index in [-0.39, 0.29) is 0 Å². The molecule has 0 spiro atoms. The highest BCUT2D eigenvalue weighted by atomic mass is 15.2. The Morgan fingerprint density at radius 2 is 1.82 bits per heavy atom. The number of rotatable bonds is 0. The zero-order chi connectivity index (χ0) is 7.68. The lowest BCUT2D eigenvalue weighted by molar-refractivity contribution is 0.0614. The summed E-state index contributed by atoms with van der Waals surface area (Å²) in [7, 11) is 0. The molecule has 0 saturated carbocycles. The molecule has 1 unspecified atom stereocenters. The summed E-state index contributed by atoms with van der Waals surface area (Å²) >= 11 is 0. The highest BCUT2D eigenvalue weighted by molar-refractivity contribution is 4.84. The molecule has 0 N–H and O–H groups in total. The summed E-state index contributed by atoms with van der Waals surface area (Å²) in [6.45, 7) is 3.78. The van der Waals surface area contributed by atoms with E-state index in [9.17, 15) is 0 Å². The Balaban J connectivity index is 1.99. The topological polar surface area (TPSA) is 3.24 Å². The fraction of sp³-hybridized carbons (Fsp3) is 1.00. The molecular formula is C10H19N. The third-order valence-corrected chi connectivity index (χ3v) is 3.40. The average Bonchev–Trinajstić information content (AvgIpc) is 2.06. The van der Waals surface area contributed by atoms with E-state index in [0.717, 1.165) is 12.1 Å². The van der Waals surface area contributed by atoms with Gasteiger partial charge in [0, 0.05) is 12.1 Å². The molecular weight excluding hydrogens is 134 g/mol. The van der Waals surface area contributed by atoms with Crippen molar-refractivity contribution < 1.29 is 0 Å². The molecule has 0 aliphatic carbocycles. The van der Waals surface area contributed by atoms with E-state index in [1.54, 1.807) is 0 Å². The van der Waals surface area contributed by atoms with Crippen molar-refractivity contribution in [3.05, 3.63) is 0 Å². The summed E-state index contributed by atoms with van der Waals surface area (Å²) in [5, 5.41) is 0. The Labute approximate surface area is 69.8 Å². The molecule has 64 valence electrons. The second-order valence-corrected chi connectivity index (χ2v) is 4.17. The molecule has 1 heteroatoms. The van der Waals surface area contributed by atoms with Crippen molar-refractivity contribution in [2.75, 3.05) is 6.54 Å². The first kappa shape index (κ1) is 7.60. The number of piperidine rings is 2. The molecule has 2 rings (SSSR count). The molecule has 0 aromatic heterocycles. The lowest BCUT2D eigenvalue weighted by Gasteiger charge is -2.43. The second kappa shape index (κ2) is 3.14. The van der Waals surface area contributed by atoms with E-state index in [1.165, 1.54) is 45.1 Å². The van der Waals surface area contributed by atoms with E-state index in [0.29, 0.717) is 0 Å². The Morgan fingerprint density at radius 3 is 2.64 bits per heavy atom. The molecule has 2 heterocycles. The van der Waals surface area contributed by atoms with Gasteiger partial charge in [0.1, 0.15) is 0 Å². The van der Waals surface area contributed by atoms with Gasteiger partial charge >= 0.3 is 0 Å². The van der Waals surface area contributed by atoms with Crippen LogP contribution in [0.25, 0.3) is 0 Å². The van der Waals surface area contributed by atoms with Crippen molar-refractivity contribution >= 4 is 0 Å². The minimum absolute atomic E-state index is 0.883. The maximum Gasteiger partial charge on any atom is 0.00980 e. The Bertz CT molecular complexity index is 131. The zero-order valence-electron chi connectivity index (χ0n) is 7.55. The zero-order valence-corrected chi connectivity index (χ0v) is 7.55. The van der Waals surface area contributed by atoms with E-state index in [2.05, 4.69) is 11.8 Å². The van der Waals surface area contributed by atoms with Gasteiger partial charge in [0.15, 0.2) is 0 Å². The monoisotopic (exact) mass is 153 g/mol. The predicted octanol–water partition coefficient (Wildman–Crippen LogP) is 2.41. The first-order valence-electron chi connectivity index (χ1n) is 5.13. The van der Waals surface area contributed by atoms with E-state index >= 15 is 0 Å². The number of hydrogen-bond donors (Lipinski definition) is 0. The standard InChI is InChI=1S/C10H19N/c1-9-5-4-7-10-6-2-3-8-11(9)10/h9-10H,2-8H2,1H3/t9-,10?/m0/s1. The van der Waals surface area contributed by atoms with Crippen LogP contribution in [0.1, 0.15) is 45.4 Å². The summed E-state index contributed by atoms with van der Waals surface area (Å²) in [5.74, 6) is 0. The van der Waals surface area contributed by atoms with Gasteiger partial charge in [0.05, 0.1) is 0 Å². The van der Waals surface area contributed by atoms with Gasteiger partial charge in [-0.1, -0.05) is 12.8 Å². The quantitative estimate of drug-likeness (QED) is 0.516. The molecule has 2 fully saturated rings. The normalized spacial score (nSPS) is 40.1. The lowest BCUT2D eigenvalue weighted by Crippen LogP contribution is -2.47. The van der Waals surface area contributed by atoms with Crippen molar-refractivity contribution in [1.29, 1.82) is 0 Å². The van der Waals surface area contributed by atoms with Gasteiger partial charge in [0.25, 0.3) is 0 Å². The molecule has 2 saturated heterocycles. The van der Waals surface area contributed by atoms with Crippen LogP contribution in [0.4, 0.5) is 0 Å². The van der Waals surface area contributed by atoms with Gasteiger partial charge in [0.2, 0.25) is 0 Å². The van der Waals surface area contributed by atoms with Crippen LogP contribution in [-0.2, 0) is 0 Å². The number of fused-ring (bicyclic) bond motifs is 1. The molecule has 0 aromatic carbocycles. The van der Waals surface area contributed by atoms with Gasteiger partial charge in [-0.25, -0.2) is 0 Å². The van der Waals surface area contributed by atoms with E-state index in [1.807, 2.05) is 0 Å². The average molecular weight is 153 g/mol. The van der Waals surface area contributed by atoms with Gasteiger partial charge in [-0.05, 0) is 39.2 Å². The van der Waals surface area contributed by atoms with Crippen LogP contribution in [0.5, 0.6) is 0 Å². The van der Waals surface area contributed by atoms with Crippen LogP contribution in [0.15, 0.2) is 0 Å². The van der Waals surface area contributed by atoms with Crippen molar-refractivity contribution in [3.8, 4) is 0 Å². The SMILES string of the molecule is C[C@H]1CCCC2CCCCN21. The minimum Gasteiger partial charge on any atom is -0.298 e. The predicted molar refractivity (Wildman–Crippen MR) is 47.7 cm³/mol. The number of hydrogen-bond acceptors (Lipinski definition) is 1. The molecule has 0 aromatic rings. The smallest absolute Gasteiger partial charge is 0.00980 e. The Morgan fingerprint density at radius 1 is 1.00 bits per heavy atom. The molecule has 11 heavy (non-hydrogen) atoms. The van der Waals surface area contributed by atoms with Crippen LogP contribution in [0, 0.1) is 0 Å². The van der Waals surface area contributed by atoms with Gasteiger partial charge in [-0.3, -0.25) is 4.90 Å². The van der Waals surface area contributed by atoms with E-state index < -0.39 is 0 Å². The van der Waals surface area contributed by atoms with Crippen LogP contribution in [0.2, 0.25) is 0 Å². The van der Waals surface area contributed by atoms with Crippen LogP contribution in [-0.4, -0.2) is 23.5 Å². The molecule has 0 bridgehead atoms. The maximum absolute atomic E-state index is 2.74. The van der Waals surface area contributed by atoms with Crippen molar-refractivity contribution in [1.82, 2.24) is 4.90 Å². The van der Waals surface area contributed by atoms with Gasteiger partial charge in [-0.15, -0.1) is 0 Å². The maximum atomic E-state index is 2.74. The first-order valence-corrected chi connectivity index (χ1v) is 5.13. The van der Waals surface area contributed by atoms with Crippen molar-refractivity contribution in [3.63, 3.8) is 0 Å². The molecule has 0 radical (unpaired) electrons. The molecule has 2 aliphatic heterocycles. The summed E-state index contributed by atoms with van der Waals surface area (Å²) < 4.78 is 0. The van der Waals surface area contributed by atoms with Gasteiger partial charge in [-0.2, -0.15) is 0 Å². The summed E-state index contributed by atoms with van der Waals surface area (Å²) in [5.41, 5.74) is 0. The number of nitrogens with zero attached hydrogens (tertiary/aromatic N) is 1. The highest BCUT2D eigenvalue weighted by Gasteiger charge is 2.29. The van der Waals surface area contributed by atoms with Crippen LogP contribution in [0.3, 0.4) is 0 Å². The third-order valence-electron chi connectivity index (χ3n) is 3.40. The fourth-order valence-electron chi connectivity index (χ4n) is 2.73. The molecule has 1 nitrogen and oxygen atoms in total. The summed E-state index contributed by atoms with van der Waals surface area (Å²) in [6, 6.07) is 1.85. The van der Waals surface area contributed by atoms with E-state index in [4.69, 9.17) is 0 Å². The minimum atomic E-state index is 0.883. The van der Waals surface area contributed by atoms with Crippen LogP contribution < -0.4 is 0 Å². The largest absolute Gasteiger partial charge is 0.298 e. The Hall–Kier alpha value is -0.0400. The first-order chi connectivity index (χ1) is 5.38. The molecule has 2 atom stereocenters. The second-order valence-electron chi connectivity index (χ2n) is 4.17. The van der Waals surface area contributed by atoms with Crippen LogP contribution >= 0.6 is 0 Å². The highest BCUT2D eigenvalue weighted by Crippen LogP contribution is 2.29. The lowest BCUT2D eigenvalue weighted by atomic mass is 9.90. The fourth-order valence-corrected chi connectivity index (χ4v) is 2.73. The summed E-state index contributed by atoms with van der Waals surface area (Å²) in [6.07, 6.45) is 8.79. The van der Waals surface area contributed by atoms with Gasteiger partial charge < -0.3 is 0 Å². The third kappa shape index (κ3) is 1.44. The molecule has 2 aliphatic rings. The van der Waals surface area contributed by atoms with Crippen molar-refractivity contribution in [2.24, 2.45) is 0 Å². The summed E-state index contributed by atoms with van der Waals surface area (Å²) in [4.78, 5) is 2.74. The molecule has 0 amide bonds.